The van der Waals surface area contributed by atoms with E-state index in [0.717, 1.165) is 47.9 Å². The molecule has 0 saturated heterocycles. The highest BCUT2D eigenvalue weighted by Crippen LogP contribution is 2.31. The molecule has 49 heavy (non-hydrogen) atoms. The van der Waals surface area contributed by atoms with Crippen LogP contribution in [0, 0.1) is 0 Å². The fraction of sp³-hybridized carbons (Fsp3) is 0.745. The van der Waals surface area contributed by atoms with Crippen LogP contribution in [-0.2, 0) is 19.3 Å². The highest BCUT2D eigenvalue weighted by Gasteiger charge is 2.12. The van der Waals surface area contributed by atoms with Crippen molar-refractivity contribution in [3.05, 3.63) is 58.7 Å². The Morgan fingerprint density at radius 3 is 0.796 bits per heavy atom. The molecule has 0 saturated carbocycles. The van der Waals surface area contributed by atoms with Crippen LogP contribution >= 0.6 is 0 Å². The van der Waals surface area contributed by atoms with Gasteiger partial charge in [-0.05, 0) is 47.9 Å². The topological polar surface area (TPSA) is 40.5 Å². The van der Waals surface area contributed by atoms with Crippen LogP contribution in [0.3, 0.4) is 0 Å². The van der Waals surface area contributed by atoms with Gasteiger partial charge in [0.2, 0.25) is 0 Å². The normalized spacial score (nSPS) is 11.5. The third-order valence-corrected chi connectivity index (χ3v) is 10.9. The summed E-state index contributed by atoms with van der Waals surface area (Å²) in [6.07, 6.45) is 43.5. The van der Waals surface area contributed by atoms with Gasteiger partial charge in [-0.25, -0.2) is 0 Å². The SMILES string of the molecule is CCCCCCCCCCCCCCCCCc1cccc(Cc2cccc(CCCCCCCCCCCCCCCCC)c2O)c1O. The highest BCUT2D eigenvalue weighted by atomic mass is 16.3. The first kappa shape index (κ1) is 43.2. The molecule has 0 atom stereocenters. The molecule has 0 aliphatic carbocycles. The highest BCUT2D eigenvalue weighted by molar-refractivity contribution is 5.47. The second-order valence-corrected chi connectivity index (χ2v) is 15.4. The predicted octanol–water partition coefficient (Wildman–Crippen LogP) is 15.5. The number of unbranched alkanes of at least 4 members (excludes halogenated alkanes) is 28. The second kappa shape index (κ2) is 30.8. The van der Waals surface area contributed by atoms with E-state index < -0.39 is 0 Å². The lowest BCUT2D eigenvalue weighted by Gasteiger charge is -2.13. The molecular weight excluding hydrogens is 597 g/mol. The number of phenolic OH excluding ortho intramolecular Hbond substituents is 2. The van der Waals surface area contributed by atoms with E-state index in [1.165, 1.54) is 180 Å². The van der Waals surface area contributed by atoms with Crippen molar-refractivity contribution in [2.75, 3.05) is 0 Å². The van der Waals surface area contributed by atoms with Gasteiger partial charge in [-0.15, -0.1) is 0 Å². The number of hydrogen-bond donors (Lipinski definition) is 2. The maximum atomic E-state index is 11.1. The lowest BCUT2D eigenvalue weighted by atomic mass is 9.95. The van der Waals surface area contributed by atoms with E-state index >= 15 is 0 Å². The summed E-state index contributed by atoms with van der Waals surface area (Å²) < 4.78 is 0. The third-order valence-electron chi connectivity index (χ3n) is 10.9. The summed E-state index contributed by atoms with van der Waals surface area (Å²) in [5.41, 5.74) is 3.97. The van der Waals surface area contributed by atoms with Crippen LogP contribution in [0.15, 0.2) is 36.4 Å². The van der Waals surface area contributed by atoms with Crippen molar-refractivity contribution in [1.82, 2.24) is 0 Å². The van der Waals surface area contributed by atoms with Crippen molar-refractivity contribution in [2.45, 2.75) is 226 Å². The molecule has 0 spiro atoms. The van der Waals surface area contributed by atoms with E-state index in [-0.39, 0.29) is 0 Å². The molecular formula is C47H80O2. The Labute approximate surface area is 305 Å². The number of hydrogen-bond acceptors (Lipinski definition) is 2. The predicted molar refractivity (Wildman–Crippen MR) is 216 cm³/mol. The number of aromatic hydroxyl groups is 2. The molecule has 0 aliphatic rings. The zero-order chi connectivity index (χ0) is 35.0. The second-order valence-electron chi connectivity index (χ2n) is 15.4. The molecule has 280 valence electrons. The van der Waals surface area contributed by atoms with E-state index in [1.54, 1.807) is 0 Å². The molecule has 0 aromatic heterocycles. The zero-order valence-electron chi connectivity index (χ0n) is 32.7. The minimum absolute atomic E-state index is 0.431. The van der Waals surface area contributed by atoms with Gasteiger partial charge in [-0.3, -0.25) is 0 Å². The summed E-state index contributed by atoms with van der Waals surface area (Å²) in [5.74, 6) is 0.861. The first-order chi connectivity index (χ1) is 24.2. The summed E-state index contributed by atoms with van der Waals surface area (Å²) in [5, 5.41) is 22.2. The van der Waals surface area contributed by atoms with Gasteiger partial charge in [0.15, 0.2) is 0 Å². The van der Waals surface area contributed by atoms with Gasteiger partial charge in [0, 0.05) is 6.42 Å². The van der Waals surface area contributed by atoms with Crippen LogP contribution in [-0.4, -0.2) is 10.2 Å². The Morgan fingerprint density at radius 2 is 0.531 bits per heavy atom. The Bertz CT molecular complexity index is 945. The summed E-state index contributed by atoms with van der Waals surface area (Å²) >= 11 is 0. The minimum atomic E-state index is 0.431. The van der Waals surface area contributed by atoms with Crippen molar-refractivity contribution in [2.24, 2.45) is 0 Å². The summed E-state index contributed by atoms with van der Waals surface area (Å²) in [6.45, 7) is 4.58. The van der Waals surface area contributed by atoms with Gasteiger partial charge in [0.25, 0.3) is 0 Å². The van der Waals surface area contributed by atoms with Crippen molar-refractivity contribution in [3.63, 3.8) is 0 Å². The van der Waals surface area contributed by atoms with Crippen LogP contribution in [0.25, 0.3) is 0 Å². The number of aryl methyl sites for hydroxylation is 2. The molecule has 0 amide bonds. The summed E-state index contributed by atoms with van der Waals surface area (Å²) in [6, 6.07) is 12.3. The largest absolute Gasteiger partial charge is 0.507 e. The van der Waals surface area contributed by atoms with Gasteiger partial charge >= 0.3 is 0 Å². The van der Waals surface area contributed by atoms with Crippen LogP contribution in [0.5, 0.6) is 11.5 Å². The molecule has 2 heteroatoms. The van der Waals surface area contributed by atoms with Crippen LogP contribution in [0.2, 0.25) is 0 Å². The summed E-state index contributed by atoms with van der Waals surface area (Å²) in [4.78, 5) is 0. The van der Waals surface area contributed by atoms with Crippen molar-refractivity contribution in [3.8, 4) is 11.5 Å². The molecule has 0 unspecified atom stereocenters. The molecule has 2 rings (SSSR count). The number of para-hydroxylation sites is 2. The van der Waals surface area contributed by atoms with E-state index in [4.69, 9.17) is 0 Å². The number of rotatable bonds is 34. The van der Waals surface area contributed by atoms with Crippen molar-refractivity contribution >= 4 is 0 Å². The first-order valence-electron chi connectivity index (χ1n) is 21.8. The molecule has 2 aromatic rings. The van der Waals surface area contributed by atoms with E-state index in [1.807, 2.05) is 12.1 Å². The monoisotopic (exact) mass is 677 g/mol. The molecule has 0 heterocycles. The molecule has 2 nitrogen and oxygen atoms in total. The fourth-order valence-electron chi connectivity index (χ4n) is 7.56. The molecule has 0 aliphatic heterocycles. The van der Waals surface area contributed by atoms with Gasteiger partial charge < -0.3 is 10.2 Å². The van der Waals surface area contributed by atoms with Crippen molar-refractivity contribution in [1.29, 1.82) is 0 Å². The van der Waals surface area contributed by atoms with Crippen LogP contribution in [0.1, 0.15) is 229 Å². The van der Waals surface area contributed by atoms with Gasteiger partial charge in [-0.1, -0.05) is 230 Å². The third kappa shape index (κ3) is 21.8. The van der Waals surface area contributed by atoms with Gasteiger partial charge in [0.05, 0.1) is 0 Å². The van der Waals surface area contributed by atoms with Crippen LogP contribution < -0.4 is 0 Å². The Balaban J connectivity index is 1.55. The lowest BCUT2D eigenvalue weighted by Crippen LogP contribution is -1.96. The number of benzene rings is 2. The Hall–Kier alpha value is -1.96. The maximum absolute atomic E-state index is 11.1. The molecule has 0 radical (unpaired) electrons. The van der Waals surface area contributed by atoms with Crippen molar-refractivity contribution < 1.29 is 10.2 Å². The average molecular weight is 677 g/mol. The van der Waals surface area contributed by atoms with Crippen LogP contribution in [0.4, 0.5) is 0 Å². The first-order valence-corrected chi connectivity index (χ1v) is 21.8. The number of phenols is 2. The smallest absolute Gasteiger partial charge is 0.122 e. The van der Waals surface area contributed by atoms with Gasteiger partial charge in [-0.2, -0.15) is 0 Å². The van der Waals surface area contributed by atoms with Gasteiger partial charge in [0.1, 0.15) is 11.5 Å². The summed E-state index contributed by atoms with van der Waals surface area (Å²) in [7, 11) is 0. The maximum Gasteiger partial charge on any atom is 0.122 e. The molecule has 0 fully saturated rings. The lowest BCUT2D eigenvalue weighted by molar-refractivity contribution is 0.453. The molecule has 2 aromatic carbocycles. The van der Waals surface area contributed by atoms with E-state index in [0.29, 0.717) is 17.9 Å². The standard InChI is InChI=1S/C47H80O2/c1-3-5-7-9-11-13-15-17-19-21-23-25-27-29-31-35-42-37-33-39-44(46(42)48)41-45-40-34-38-43(47(45)49)36-32-30-28-26-24-22-20-18-16-14-12-10-8-6-4-2/h33-34,37-40,48-49H,3-32,35-36,41H2,1-2H3. The Morgan fingerprint density at radius 1 is 0.306 bits per heavy atom. The van der Waals surface area contributed by atoms with E-state index in [9.17, 15) is 10.2 Å². The average Bonchev–Trinajstić information content (AvgIpc) is 3.11. The Kier molecular flexibility index (Phi) is 27.2. The quantitative estimate of drug-likeness (QED) is 0.0724. The zero-order valence-corrected chi connectivity index (χ0v) is 32.7. The fourth-order valence-corrected chi connectivity index (χ4v) is 7.56. The minimum Gasteiger partial charge on any atom is -0.507 e. The molecule has 2 N–H and O–H groups in total. The molecule has 0 bridgehead atoms. The van der Waals surface area contributed by atoms with E-state index in [2.05, 4.69) is 38.1 Å².